The largest absolute Gasteiger partial charge is 0.340 e. The lowest BCUT2D eigenvalue weighted by molar-refractivity contribution is -0.137. The van der Waals surface area contributed by atoms with Gasteiger partial charge in [0.2, 0.25) is 5.91 Å². The lowest BCUT2D eigenvalue weighted by atomic mass is 10.0. The zero-order chi connectivity index (χ0) is 14.1. The fraction of sp³-hybridized carbons (Fsp3) is 0.733. The van der Waals surface area contributed by atoms with Crippen molar-refractivity contribution in [2.45, 2.75) is 51.1 Å². The van der Waals surface area contributed by atoms with Crippen LogP contribution in [0.2, 0.25) is 0 Å². The number of hydrogen-bond acceptors (Lipinski definition) is 3. The van der Waals surface area contributed by atoms with Crippen molar-refractivity contribution >= 4 is 5.91 Å². The quantitative estimate of drug-likeness (QED) is 0.890. The van der Waals surface area contributed by atoms with Gasteiger partial charge in [0, 0.05) is 31.2 Å². The van der Waals surface area contributed by atoms with E-state index < -0.39 is 0 Å². The Kier molecular flexibility index (Phi) is 3.78. The van der Waals surface area contributed by atoms with Crippen molar-refractivity contribution in [3.05, 3.63) is 18.0 Å². The van der Waals surface area contributed by atoms with Gasteiger partial charge in [-0.2, -0.15) is 5.10 Å². The van der Waals surface area contributed by atoms with E-state index in [1.54, 1.807) is 0 Å². The molecule has 1 saturated heterocycles. The third kappa shape index (κ3) is 2.73. The van der Waals surface area contributed by atoms with Gasteiger partial charge in [0.25, 0.3) is 0 Å². The van der Waals surface area contributed by atoms with Crippen LogP contribution in [0, 0.1) is 12.8 Å². The molecule has 3 rings (SSSR count). The molecular weight excluding hydrogens is 252 g/mol. The van der Waals surface area contributed by atoms with Gasteiger partial charge in [0.1, 0.15) is 0 Å². The summed E-state index contributed by atoms with van der Waals surface area (Å²) in [6, 6.07) is 0.551. The molecule has 5 nitrogen and oxygen atoms in total. The molecule has 2 heterocycles. The second-order valence-electron chi connectivity index (χ2n) is 6.35. The molecule has 2 N–H and O–H groups in total. The van der Waals surface area contributed by atoms with E-state index in [1.165, 1.54) is 5.56 Å². The van der Waals surface area contributed by atoms with Crippen LogP contribution in [0.5, 0.6) is 0 Å². The molecule has 110 valence electrons. The molecule has 1 saturated carbocycles. The summed E-state index contributed by atoms with van der Waals surface area (Å²) in [5.41, 5.74) is 7.10. The molecule has 1 aliphatic heterocycles. The molecule has 0 bridgehead atoms. The average molecular weight is 276 g/mol. The van der Waals surface area contributed by atoms with Gasteiger partial charge in [0.15, 0.2) is 0 Å². The smallest absolute Gasteiger partial charge is 0.225 e. The Hall–Kier alpha value is -1.36. The second-order valence-corrected chi connectivity index (χ2v) is 6.35. The molecule has 1 amide bonds. The summed E-state index contributed by atoms with van der Waals surface area (Å²) >= 11 is 0. The van der Waals surface area contributed by atoms with Crippen molar-refractivity contribution in [3.8, 4) is 0 Å². The number of aromatic nitrogens is 2. The van der Waals surface area contributed by atoms with Crippen molar-refractivity contribution in [2.24, 2.45) is 11.7 Å². The number of hydrogen-bond donors (Lipinski definition) is 1. The zero-order valence-electron chi connectivity index (χ0n) is 12.2. The number of likely N-dealkylation sites (tertiary alicyclic amines) is 1. The number of aryl methyl sites for hydroxylation is 1. The molecule has 2 fully saturated rings. The lowest BCUT2D eigenvalue weighted by Crippen LogP contribution is -2.43. The molecule has 0 radical (unpaired) electrons. The summed E-state index contributed by atoms with van der Waals surface area (Å²) in [5, 5.41) is 4.40. The maximum absolute atomic E-state index is 12.6. The van der Waals surface area contributed by atoms with E-state index in [1.807, 2.05) is 15.8 Å². The van der Waals surface area contributed by atoms with Crippen LogP contribution in [0.1, 0.15) is 43.7 Å². The van der Waals surface area contributed by atoms with E-state index in [0.717, 1.165) is 45.2 Å². The Morgan fingerprint density at radius 2 is 2.25 bits per heavy atom. The van der Waals surface area contributed by atoms with Gasteiger partial charge in [-0.1, -0.05) is 0 Å². The first-order chi connectivity index (χ1) is 9.63. The molecule has 3 atom stereocenters. The van der Waals surface area contributed by atoms with E-state index in [-0.39, 0.29) is 12.0 Å². The van der Waals surface area contributed by atoms with Gasteiger partial charge >= 0.3 is 0 Å². The summed E-state index contributed by atoms with van der Waals surface area (Å²) in [6.45, 7) is 3.74. The van der Waals surface area contributed by atoms with E-state index in [0.29, 0.717) is 11.9 Å². The average Bonchev–Trinajstić information content (AvgIpc) is 3.07. The van der Waals surface area contributed by atoms with E-state index in [9.17, 15) is 4.79 Å². The van der Waals surface area contributed by atoms with Crippen LogP contribution in [0.3, 0.4) is 0 Å². The maximum atomic E-state index is 12.6. The van der Waals surface area contributed by atoms with Gasteiger partial charge in [-0.15, -0.1) is 0 Å². The summed E-state index contributed by atoms with van der Waals surface area (Å²) in [5.74, 6) is 0.467. The van der Waals surface area contributed by atoms with Crippen LogP contribution >= 0.6 is 0 Å². The standard InChI is InChI=1S/C15H24N4O/c1-11-8-17-19(9-11)14-3-2-6-18(10-14)15(20)12-4-5-13(16)7-12/h8-9,12-14H,2-7,10,16H2,1H3. The van der Waals surface area contributed by atoms with Gasteiger partial charge < -0.3 is 10.6 Å². The topological polar surface area (TPSA) is 64.2 Å². The van der Waals surface area contributed by atoms with Crippen molar-refractivity contribution in [1.29, 1.82) is 0 Å². The van der Waals surface area contributed by atoms with E-state index in [4.69, 9.17) is 5.73 Å². The lowest BCUT2D eigenvalue weighted by Gasteiger charge is -2.34. The molecule has 0 aromatic carbocycles. The number of nitrogens with two attached hydrogens (primary N) is 1. The molecule has 1 aromatic rings. The molecule has 0 spiro atoms. The highest BCUT2D eigenvalue weighted by molar-refractivity contribution is 5.79. The predicted octanol–water partition coefficient (Wildman–Crippen LogP) is 1.48. The summed E-state index contributed by atoms with van der Waals surface area (Å²) in [7, 11) is 0. The first-order valence-corrected chi connectivity index (χ1v) is 7.68. The van der Waals surface area contributed by atoms with Gasteiger partial charge in [-0.3, -0.25) is 9.48 Å². The second kappa shape index (κ2) is 5.56. The zero-order valence-corrected chi connectivity index (χ0v) is 12.2. The van der Waals surface area contributed by atoms with Crippen LogP contribution < -0.4 is 5.73 Å². The maximum Gasteiger partial charge on any atom is 0.225 e. The fourth-order valence-corrected chi connectivity index (χ4v) is 3.50. The minimum Gasteiger partial charge on any atom is -0.340 e. The fourth-order valence-electron chi connectivity index (χ4n) is 3.50. The molecule has 1 aliphatic carbocycles. The number of carbonyl (C=O) groups excluding carboxylic acids is 1. The molecule has 3 unspecified atom stereocenters. The Morgan fingerprint density at radius 3 is 2.90 bits per heavy atom. The third-order valence-corrected chi connectivity index (χ3v) is 4.64. The summed E-state index contributed by atoms with van der Waals surface area (Å²) in [6.07, 6.45) is 8.94. The minimum absolute atomic E-state index is 0.156. The molecule has 20 heavy (non-hydrogen) atoms. The number of carbonyl (C=O) groups is 1. The number of piperidine rings is 1. The van der Waals surface area contributed by atoms with Crippen LogP contribution in [0.15, 0.2) is 12.4 Å². The van der Waals surface area contributed by atoms with Crippen molar-refractivity contribution < 1.29 is 4.79 Å². The van der Waals surface area contributed by atoms with Crippen LogP contribution in [0.25, 0.3) is 0 Å². The minimum atomic E-state index is 0.156. The predicted molar refractivity (Wildman–Crippen MR) is 77.1 cm³/mol. The monoisotopic (exact) mass is 276 g/mol. The SMILES string of the molecule is Cc1cnn(C2CCCN(C(=O)C3CCC(N)C3)C2)c1. The van der Waals surface area contributed by atoms with E-state index in [2.05, 4.69) is 18.2 Å². The van der Waals surface area contributed by atoms with Crippen molar-refractivity contribution in [2.75, 3.05) is 13.1 Å². The number of rotatable bonds is 2. The molecule has 2 aliphatic rings. The first kappa shape index (κ1) is 13.6. The summed E-state index contributed by atoms with van der Waals surface area (Å²) < 4.78 is 2.02. The first-order valence-electron chi connectivity index (χ1n) is 7.68. The Labute approximate surface area is 120 Å². The Morgan fingerprint density at radius 1 is 1.40 bits per heavy atom. The Bertz CT molecular complexity index is 484. The highest BCUT2D eigenvalue weighted by Crippen LogP contribution is 2.29. The third-order valence-electron chi connectivity index (χ3n) is 4.64. The molecular formula is C15H24N4O. The number of amides is 1. The highest BCUT2D eigenvalue weighted by atomic mass is 16.2. The van der Waals surface area contributed by atoms with Gasteiger partial charge in [-0.05, 0) is 44.6 Å². The summed E-state index contributed by atoms with van der Waals surface area (Å²) in [4.78, 5) is 14.6. The number of nitrogens with zero attached hydrogens (tertiary/aromatic N) is 3. The Balaban J connectivity index is 1.64. The van der Waals surface area contributed by atoms with Crippen molar-refractivity contribution in [1.82, 2.24) is 14.7 Å². The van der Waals surface area contributed by atoms with Crippen LogP contribution in [-0.4, -0.2) is 39.7 Å². The van der Waals surface area contributed by atoms with Crippen LogP contribution in [-0.2, 0) is 4.79 Å². The highest BCUT2D eigenvalue weighted by Gasteiger charge is 2.33. The molecule has 5 heteroatoms. The molecule has 1 aromatic heterocycles. The van der Waals surface area contributed by atoms with Gasteiger partial charge in [0.05, 0.1) is 12.2 Å². The van der Waals surface area contributed by atoms with Crippen molar-refractivity contribution in [3.63, 3.8) is 0 Å². The van der Waals surface area contributed by atoms with E-state index >= 15 is 0 Å². The van der Waals surface area contributed by atoms with Crippen LogP contribution in [0.4, 0.5) is 0 Å². The normalized spacial score (nSPS) is 30.7. The van der Waals surface area contributed by atoms with Gasteiger partial charge in [-0.25, -0.2) is 0 Å².